The highest BCUT2D eigenvalue weighted by atomic mass is 16.5. The summed E-state index contributed by atoms with van der Waals surface area (Å²) in [5.41, 5.74) is 0. The van der Waals surface area contributed by atoms with Crippen LogP contribution in [-0.4, -0.2) is 38.6 Å². The molecule has 0 N–H and O–H groups in total. The summed E-state index contributed by atoms with van der Waals surface area (Å²) in [6, 6.07) is 0. The van der Waals surface area contributed by atoms with Gasteiger partial charge in [0.2, 0.25) is 0 Å². The monoisotopic (exact) mass is 493 g/mol. The number of hydrogen-bond acceptors (Lipinski definition) is 3. The van der Waals surface area contributed by atoms with Crippen LogP contribution in [0, 0.1) is 5.92 Å². The average Bonchev–Trinajstić information content (AvgIpc) is 2.85. The quantitative estimate of drug-likeness (QED) is 0.0647. The highest BCUT2D eigenvalue weighted by Crippen LogP contribution is 2.22. The second-order valence-electron chi connectivity index (χ2n) is 11.1. The Morgan fingerprint density at radius 3 is 1.60 bits per heavy atom. The largest absolute Gasteiger partial charge is 0.469 e. The number of rotatable bonds is 27. The molecule has 0 fully saturated rings. The predicted molar refractivity (Wildman–Crippen MR) is 155 cm³/mol. The fourth-order valence-corrected chi connectivity index (χ4v) is 4.89. The summed E-state index contributed by atoms with van der Waals surface area (Å²) in [6.45, 7) is 3.57. The van der Waals surface area contributed by atoms with E-state index < -0.39 is 0 Å². The van der Waals surface area contributed by atoms with Crippen molar-refractivity contribution < 1.29 is 9.53 Å². The molecule has 0 bridgehead atoms. The van der Waals surface area contributed by atoms with Gasteiger partial charge in [0.05, 0.1) is 7.11 Å². The minimum absolute atomic E-state index is 0.0731. The Morgan fingerprint density at radius 2 is 1.11 bits per heavy atom. The number of ether oxygens (including phenoxy) is 1. The van der Waals surface area contributed by atoms with Crippen molar-refractivity contribution in [3.05, 3.63) is 12.2 Å². The Hall–Kier alpha value is -0.830. The minimum Gasteiger partial charge on any atom is -0.469 e. The number of esters is 1. The Balaban J connectivity index is 3.45. The summed E-state index contributed by atoms with van der Waals surface area (Å²) in [5.74, 6) is 0.886. The van der Waals surface area contributed by atoms with Crippen LogP contribution in [0.4, 0.5) is 0 Å². The van der Waals surface area contributed by atoms with Gasteiger partial charge in [0.15, 0.2) is 0 Å². The molecule has 0 saturated carbocycles. The Labute approximate surface area is 220 Å². The molecule has 1 unspecified atom stereocenters. The summed E-state index contributed by atoms with van der Waals surface area (Å²) in [4.78, 5) is 13.4. The minimum atomic E-state index is -0.0731. The second kappa shape index (κ2) is 27.8. The highest BCUT2D eigenvalue weighted by molar-refractivity contribution is 5.68. The van der Waals surface area contributed by atoms with Crippen LogP contribution in [0.5, 0.6) is 0 Å². The second-order valence-corrected chi connectivity index (χ2v) is 11.1. The van der Waals surface area contributed by atoms with E-state index in [2.05, 4.69) is 42.8 Å². The Kier molecular flexibility index (Phi) is 27.1. The molecule has 0 aromatic heterocycles. The number of methoxy groups -OCH3 is 1. The van der Waals surface area contributed by atoms with Crippen molar-refractivity contribution in [3.63, 3.8) is 0 Å². The average molecular weight is 494 g/mol. The molecular formula is C32H63NO2. The van der Waals surface area contributed by atoms with Crippen molar-refractivity contribution in [2.45, 2.75) is 155 Å². The lowest BCUT2D eigenvalue weighted by atomic mass is 9.91. The van der Waals surface area contributed by atoms with Crippen molar-refractivity contribution in [2.24, 2.45) is 5.92 Å². The smallest absolute Gasteiger partial charge is 0.305 e. The molecule has 0 aliphatic carbocycles. The first kappa shape index (κ1) is 34.2. The van der Waals surface area contributed by atoms with Crippen molar-refractivity contribution >= 4 is 5.97 Å². The van der Waals surface area contributed by atoms with Crippen molar-refractivity contribution in [1.29, 1.82) is 0 Å². The molecule has 0 spiro atoms. The van der Waals surface area contributed by atoms with Crippen LogP contribution in [0.3, 0.4) is 0 Å². The van der Waals surface area contributed by atoms with E-state index in [1.807, 2.05) is 0 Å². The van der Waals surface area contributed by atoms with Gasteiger partial charge in [-0.3, -0.25) is 4.79 Å². The molecule has 35 heavy (non-hydrogen) atoms. The SMILES string of the molecule is CCCCCCC(CCCCCCCCCC/C=C\CCCCCCCC(=O)OC)CCN(C)C. The lowest BCUT2D eigenvalue weighted by Crippen LogP contribution is -2.17. The van der Waals surface area contributed by atoms with E-state index in [9.17, 15) is 4.79 Å². The summed E-state index contributed by atoms with van der Waals surface area (Å²) in [6.07, 6.45) is 35.1. The summed E-state index contributed by atoms with van der Waals surface area (Å²) < 4.78 is 4.67. The van der Waals surface area contributed by atoms with Crippen molar-refractivity contribution in [1.82, 2.24) is 4.90 Å². The standard InChI is InChI=1S/C32H63NO2/c1-5-6-7-23-26-31(29-30-33(2)3)27-24-21-19-17-15-13-11-9-8-10-12-14-16-18-20-22-25-28-32(34)35-4/h10,12,31H,5-9,11,13-30H2,1-4H3/b12-10-. The maximum Gasteiger partial charge on any atom is 0.305 e. The highest BCUT2D eigenvalue weighted by Gasteiger charge is 2.09. The topological polar surface area (TPSA) is 29.5 Å². The van der Waals surface area contributed by atoms with Gasteiger partial charge in [-0.05, 0) is 65.1 Å². The number of nitrogens with zero attached hydrogens (tertiary/aromatic N) is 1. The van der Waals surface area contributed by atoms with Crippen LogP contribution in [0.1, 0.15) is 155 Å². The lowest BCUT2D eigenvalue weighted by Gasteiger charge is -2.19. The summed E-state index contributed by atoms with van der Waals surface area (Å²) in [7, 11) is 5.90. The molecule has 0 rings (SSSR count). The molecule has 0 aromatic carbocycles. The molecule has 0 saturated heterocycles. The van der Waals surface area contributed by atoms with Gasteiger partial charge in [-0.2, -0.15) is 0 Å². The molecule has 208 valence electrons. The predicted octanol–water partition coefficient (Wildman–Crippen LogP) is 9.89. The summed E-state index contributed by atoms with van der Waals surface area (Å²) >= 11 is 0. The Bertz CT molecular complexity index is 460. The molecule has 0 heterocycles. The number of carbonyl (C=O) groups excluding carboxylic acids is 1. The first-order chi connectivity index (χ1) is 17.1. The van der Waals surface area contributed by atoms with Gasteiger partial charge < -0.3 is 9.64 Å². The molecule has 0 aromatic rings. The number of allylic oxidation sites excluding steroid dienone is 2. The van der Waals surface area contributed by atoms with E-state index in [0.29, 0.717) is 6.42 Å². The van der Waals surface area contributed by atoms with Gasteiger partial charge in [-0.15, -0.1) is 0 Å². The zero-order chi connectivity index (χ0) is 25.8. The number of carbonyl (C=O) groups is 1. The van der Waals surface area contributed by atoms with Crippen LogP contribution >= 0.6 is 0 Å². The lowest BCUT2D eigenvalue weighted by molar-refractivity contribution is -0.140. The van der Waals surface area contributed by atoms with E-state index in [1.54, 1.807) is 0 Å². The van der Waals surface area contributed by atoms with Crippen molar-refractivity contribution in [2.75, 3.05) is 27.7 Å². The molecule has 3 nitrogen and oxygen atoms in total. The van der Waals surface area contributed by atoms with E-state index in [1.165, 1.54) is 142 Å². The maximum absolute atomic E-state index is 11.0. The molecule has 3 heteroatoms. The van der Waals surface area contributed by atoms with Gasteiger partial charge >= 0.3 is 5.97 Å². The van der Waals surface area contributed by atoms with Gasteiger partial charge in [0.1, 0.15) is 0 Å². The summed E-state index contributed by atoms with van der Waals surface area (Å²) in [5, 5.41) is 0. The fraction of sp³-hybridized carbons (Fsp3) is 0.906. The van der Waals surface area contributed by atoms with E-state index in [4.69, 9.17) is 0 Å². The first-order valence-electron chi connectivity index (χ1n) is 15.5. The van der Waals surface area contributed by atoms with Gasteiger partial charge in [-0.25, -0.2) is 0 Å². The zero-order valence-electron chi connectivity index (χ0n) is 24.5. The molecule has 0 radical (unpaired) electrons. The van der Waals surface area contributed by atoms with Gasteiger partial charge in [-0.1, -0.05) is 122 Å². The first-order valence-corrected chi connectivity index (χ1v) is 15.5. The molecule has 1 atom stereocenters. The molecule has 0 aliphatic heterocycles. The van der Waals surface area contributed by atoms with Crippen LogP contribution in [0.15, 0.2) is 12.2 Å². The number of hydrogen-bond donors (Lipinski definition) is 0. The van der Waals surface area contributed by atoms with E-state index in [0.717, 1.165) is 18.8 Å². The van der Waals surface area contributed by atoms with Crippen LogP contribution in [0.2, 0.25) is 0 Å². The molecule has 0 amide bonds. The van der Waals surface area contributed by atoms with Gasteiger partial charge in [0, 0.05) is 6.42 Å². The normalized spacial score (nSPS) is 12.6. The molecule has 0 aliphatic rings. The zero-order valence-corrected chi connectivity index (χ0v) is 24.5. The van der Waals surface area contributed by atoms with Crippen LogP contribution in [-0.2, 0) is 9.53 Å². The van der Waals surface area contributed by atoms with E-state index in [-0.39, 0.29) is 5.97 Å². The Morgan fingerprint density at radius 1 is 0.657 bits per heavy atom. The number of unbranched alkanes of at least 4 members (excludes halogenated alkanes) is 16. The van der Waals surface area contributed by atoms with E-state index >= 15 is 0 Å². The van der Waals surface area contributed by atoms with Crippen LogP contribution in [0.25, 0.3) is 0 Å². The third-order valence-corrected chi connectivity index (χ3v) is 7.33. The third-order valence-electron chi connectivity index (χ3n) is 7.33. The van der Waals surface area contributed by atoms with Gasteiger partial charge in [0.25, 0.3) is 0 Å². The third kappa shape index (κ3) is 27.6. The van der Waals surface area contributed by atoms with Crippen LogP contribution < -0.4 is 0 Å². The molecular weight excluding hydrogens is 430 g/mol. The maximum atomic E-state index is 11.0. The van der Waals surface area contributed by atoms with Crippen molar-refractivity contribution in [3.8, 4) is 0 Å². The fourth-order valence-electron chi connectivity index (χ4n) is 4.89.